The monoisotopic (exact) mass is 450 g/mol. The third-order valence-electron chi connectivity index (χ3n) is 5.00. The second-order valence-electron chi connectivity index (χ2n) is 6.94. The van der Waals surface area contributed by atoms with Gasteiger partial charge in [0.15, 0.2) is 28.5 Å². The maximum absolute atomic E-state index is 11.5. The minimum absolute atomic E-state index is 0.357. The molecule has 11 nitrogen and oxygen atoms in total. The van der Waals surface area contributed by atoms with Crippen molar-refractivity contribution in [2.24, 2.45) is 0 Å². The summed E-state index contributed by atoms with van der Waals surface area (Å²) in [6.07, 6.45) is 3.13. The summed E-state index contributed by atoms with van der Waals surface area (Å²) in [7, 11) is 4.64. The Kier molecular flexibility index (Phi) is 6.22. The van der Waals surface area contributed by atoms with Crippen LogP contribution in [-0.4, -0.2) is 52.0 Å². The lowest BCUT2D eigenvalue weighted by atomic mass is 10.1. The van der Waals surface area contributed by atoms with Crippen molar-refractivity contribution in [2.45, 2.75) is 6.54 Å². The summed E-state index contributed by atoms with van der Waals surface area (Å²) in [5.41, 5.74) is 4.81. The van der Waals surface area contributed by atoms with Crippen molar-refractivity contribution in [1.82, 2.24) is 25.0 Å². The Labute approximate surface area is 188 Å². The Hall–Kier alpha value is -4.38. The van der Waals surface area contributed by atoms with Crippen LogP contribution in [-0.2, 0) is 6.54 Å². The van der Waals surface area contributed by atoms with Gasteiger partial charge >= 0.3 is 0 Å². The van der Waals surface area contributed by atoms with E-state index in [1.54, 1.807) is 69.5 Å². The molecule has 4 aromatic rings. The Morgan fingerprint density at radius 3 is 2.30 bits per heavy atom. The fraction of sp³-hybridized carbons (Fsp3) is 0.182. The number of benzene rings is 2. The van der Waals surface area contributed by atoms with Crippen LogP contribution < -0.4 is 25.0 Å². The zero-order chi connectivity index (χ0) is 23.4. The van der Waals surface area contributed by atoms with Gasteiger partial charge in [-0.05, 0) is 17.7 Å². The molecule has 170 valence electrons. The number of hydrogen-bond acceptors (Lipinski definition) is 9. The number of rotatable bonds is 8. The van der Waals surface area contributed by atoms with Gasteiger partial charge in [-0.15, -0.1) is 0 Å². The molecule has 0 aliphatic rings. The molecular weight excluding hydrogens is 428 g/mol. The number of amides is 1. The summed E-state index contributed by atoms with van der Waals surface area (Å²) in [4.78, 5) is 24.7. The van der Waals surface area contributed by atoms with Gasteiger partial charge in [0.2, 0.25) is 5.75 Å². The number of carbonyl (C=O) groups is 1. The summed E-state index contributed by atoms with van der Waals surface area (Å²) >= 11 is 0. The predicted octanol–water partition coefficient (Wildman–Crippen LogP) is 2.76. The minimum Gasteiger partial charge on any atom is -0.493 e. The molecule has 4 rings (SSSR count). The second-order valence-corrected chi connectivity index (χ2v) is 6.94. The van der Waals surface area contributed by atoms with Crippen molar-refractivity contribution in [2.75, 3.05) is 26.6 Å². The van der Waals surface area contributed by atoms with Crippen LogP contribution in [0.5, 0.6) is 17.2 Å². The van der Waals surface area contributed by atoms with E-state index in [0.29, 0.717) is 52.0 Å². The summed E-state index contributed by atoms with van der Waals surface area (Å²) in [5.74, 6) is 1.46. The van der Waals surface area contributed by atoms with Crippen LogP contribution in [0.2, 0.25) is 0 Å². The molecule has 2 aromatic carbocycles. The van der Waals surface area contributed by atoms with E-state index in [9.17, 15) is 4.79 Å². The lowest BCUT2D eigenvalue weighted by molar-refractivity contribution is 0.0706. The predicted molar refractivity (Wildman–Crippen MR) is 120 cm³/mol. The van der Waals surface area contributed by atoms with Gasteiger partial charge in [-0.2, -0.15) is 0 Å². The molecule has 0 spiro atoms. The van der Waals surface area contributed by atoms with Gasteiger partial charge in [-0.3, -0.25) is 10.0 Å². The number of imidazole rings is 1. The Morgan fingerprint density at radius 2 is 1.70 bits per heavy atom. The van der Waals surface area contributed by atoms with E-state index < -0.39 is 5.91 Å². The highest BCUT2D eigenvalue weighted by atomic mass is 16.5. The van der Waals surface area contributed by atoms with Gasteiger partial charge in [-0.25, -0.2) is 20.4 Å². The fourth-order valence-electron chi connectivity index (χ4n) is 3.40. The molecule has 0 saturated carbocycles. The zero-order valence-electron chi connectivity index (χ0n) is 18.2. The van der Waals surface area contributed by atoms with Crippen molar-refractivity contribution < 1.29 is 24.2 Å². The number of hydrogen-bond donors (Lipinski definition) is 3. The maximum Gasteiger partial charge on any atom is 0.274 e. The van der Waals surface area contributed by atoms with Gasteiger partial charge in [0.05, 0.1) is 34.2 Å². The van der Waals surface area contributed by atoms with Crippen molar-refractivity contribution >= 4 is 28.6 Å². The Balaban J connectivity index is 1.62. The number of anilines is 2. The van der Waals surface area contributed by atoms with Crippen molar-refractivity contribution in [3.8, 4) is 17.2 Å². The molecule has 0 saturated heterocycles. The number of hydroxylamine groups is 1. The molecule has 0 atom stereocenters. The summed E-state index contributed by atoms with van der Waals surface area (Å²) in [6.45, 7) is 0.484. The number of nitrogens with zero attached hydrogens (tertiary/aromatic N) is 4. The molecule has 2 aromatic heterocycles. The van der Waals surface area contributed by atoms with Crippen LogP contribution in [0.3, 0.4) is 0 Å². The minimum atomic E-state index is -0.565. The van der Waals surface area contributed by atoms with Crippen LogP contribution in [0.25, 0.3) is 11.2 Å². The normalized spacial score (nSPS) is 10.7. The molecule has 0 aliphatic carbocycles. The quantitative estimate of drug-likeness (QED) is 0.274. The molecule has 1 amide bonds. The Morgan fingerprint density at radius 1 is 1.00 bits per heavy atom. The average molecular weight is 450 g/mol. The van der Waals surface area contributed by atoms with E-state index in [4.69, 9.17) is 19.4 Å². The molecule has 0 aliphatic heterocycles. The van der Waals surface area contributed by atoms with Gasteiger partial charge in [-0.1, -0.05) is 12.1 Å². The van der Waals surface area contributed by atoms with Crippen LogP contribution in [0, 0.1) is 0 Å². The van der Waals surface area contributed by atoms with Gasteiger partial charge in [0, 0.05) is 23.4 Å². The van der Waals surface area contributed by atoms with Gasteiger partial charge < -0.3 is 24.1 Å². The van der Waals surface area contributed by atoms with E-state index >= 15 is 0 Å². The highest BCUT2D eigenvalue weighted by Gasteiger charge is 2.16. The third-order valence-corrected chi connectivity index (χ3v) is 5.00. The number of ether oxygens (including phenoxy) is 3. The largest absolute Gasteiger partial charge is 0.493 e. The number of methoxy groups -OCH3 is 3. The van der Waals surface area contributed by atoms with E-state index in [-0.39, 0.29) is 0 Å². The summed E-state index contributed by atoms with van der Waals surface area (Å²) < 4.78 is 18.1. The SMILES string of the molecule is COc1cc(Nc2ncnc3c2ncn3Cc2ccc(C(=O)NO)cc2)cc(OC)c1OC. The standard InChI is InChI=1S/C22H22N6O5/c1-31-16-8-15(9-17(32-2)19(16)33-3)26-20-18-21(24-11-23-20)28(12-25-18)10-13-4-6-14(7-5-13)22(29)27-30/h4-9,11-12,30H,10H2,1-3H3,(H,27,29)(H,23,24,26). The van der Waals surface area contributed by atoms with E-state index in [1.807, 2.05) is 4.57 Å². The van der Waals surface area contributed by atoms with Crippen LogP contribution >= 0.6 is 0 Å². The molecule has 11 heteroatoms. The zero-order valence-corrected chi connectivity index (χ0v) is 18.2. The van der Waals surface area contributed by atoms with Crippen LogP contribution in [0.4, 0.5) is 11.5 Å². The molecule has 0 radical (unpaired) electrons. The molecule has 0 fully saturated rings. The van der Waals surface area contributed by atoms with Crippen molar-refractivity contribution in [3.63, 3.8) is 0 Å². The molecule has 2 heterocycles. The van der Waals surface area contributed by atoms with Crippen molar-refractivity contribution in [3.05, 3.63) is 60.2 Å². The topological polar surface area (TPSA) is 133 Å². The molecule has 0 unspecified atom stereocenters. The Bertz CT molecular complexity index is 1260. The van der Waals surface area contributed by atoms with Crippen LogP contribution in [0.1, 0.15) is 15.9 Å². The first-order chi connectivity index (χ1) is 16.1. The van der Waals surface area contributed by atoms with Crippen molar-refractivity contribution in [1.29, 1.82) is 0 Å². The van der Waals surface area contributed by atoms with E-state index in [2.05, 4.69) is 20.3 Å². The highest BCUT2D eigenvalue weighted by molar-refractivity contribution is 5.93. The first-order valence-corrected chi connectivity index (χ1v) is 9.84. The first-order valence-electron chi connectivity index (χ1n) is 9.84. The molecular formula is C22H22N6O5. The molecule has 33 heavy (non-hydrogen) atoms. The highest BCUT2D eigenvalue weighted by Crippen LogP contribution is 2.40. The smallest absolute Gasteiger partial charge is 0.274 e. The van der Waals surface area contributed by atoms with E-state index in [0.717, 1.165) is 5.56 Å². The summed E-state index contributed by atoms with van der Waals surface area (Å²) in [6, 6.07) is 10.4. The average Bonchev–Trinajstić information content (AvgIpc) is 3.27. The first kappa shape index (κ1) is 21.8. The van der Waals surface area contributed by atoms with Crippen LogP contribution in [0.15, 0.2) is 49.1 Å². The fourth-order valence-corrected chi connectivity index (χ4v) is 3.40. The maximum atomic E-state index is 11.5. The number of fused-ring (bicyclic) bond motifs is 1. The van der Waals surface area contributed by atoms with E-state index in [1.165, 1.54) is 6.33 Å². The molecule has 3 N–H and O–H groups in total. The third kappa shape index (κ3) is 4.34. The number of aromatic nitrogens is 4. The number of nitrogens with one attached hydrogen (secondary N) is 2. The van der Waals surface area contributed by atoms with Gasteiger partial charge in [0.25, 0.3) is 5.91 Å². The number of carbonyl (C=O) groups excluding carboxylic acids is 1. The van der Waals surface area contributed by atoms with Gasteiger partial charge in [0.1, 0.15) is 6.33 Å². The lowest BCUT2D eigenvalue weighted by Gasteiger charge is -2.15. The molecule has 0 bridgehead atoms. The lowest BCUT2D eigenvalue weighted by Crippen LogP contribution is -2.18. The summed E-state index contributed by atoms with van der Waals surface area (Å²) in [5, 5.41) is 12.0. The second kappa shape index (κ2) is 9.40.